The van der Waals surface area contributed by atoms with E-state index in [1.54, 1.807) is 23.1 Å². The molecule has 0 aliphatic carbocycles. The van der Waals surface area contributed by atoms with Gasteiger partial charge < -0.3 is 15.1 Å². The van der Waals surface area contributed by atoms with Gasteiger partial charge in [-0.05, 0) is 24.3 Å². The van der Waals surface area contributed by atoms with Crippen molar-refractivity contribution >= 4 is 17.5 Å². The molecule has 7 heteroatoms. The Hall–Kier alpha value is -2.96. The Balaban J connectivity index is 1.57. The van der Waals surface area contributed by atoms with Crippen LogP contribution in [0.4, 0.5) is 16.0 Å². The van der Waals surface area contributed by atoms with Crippen molar-refractivity contribution < 1.29 is 9.18 Å². The lowest BCUT2D eigenvalue weighted by atomic mass is 10.2. The van der Waals surface area contributed by atoms with E-state index in [4.69, 9.17) is 0 Å². The zero-order valence-electron chi connectivity index (χ0n) is 13.9. The van der Waals surface area contributed by atoms with E-state index in [0.29, 0.717) is 44.2 Å². The molecule has 1 saturated heterocycles. The van der Waals surface area contributed by atoms with E-state index < -0.39 is 0 Å². The maximum absolute atomic E-state index is 13.0. The summed E-state index contributed by atoms with van der Waals surface area (Å²) in [7, 11) is 0. The Morgan fingerprint density at radius 1 is 1.16 bits per heavy atom. The van der Waals surface area contributed by atoms with Gasteiger partial charge in [-0.2, -0.15) is 0 Å². The second-order valence-electron chi connectivity index (χ2n) is 5.72. The highest BCUT2D eigenvalue weighted by Crippen LogP contribution is 2.17. The molecule has 1 aromatic heterocycles. The summed E-state index contributed by atoms with van der Waals surface area (Å²) in [4.78, 5) is 24.8. The number of anilines is 2. The quantitative estimate of drug-likeness (QED) is 0.845. The number of hydrogen-bond acceptors (Lipinski definition) is 5. The highest BCUT2D eigenvalue weighted by Gasteiger charge is 2.22. The van der Waals surface area contributed by atoms with Crippen LogP contribution in [-0.2, 0) is 0 Å². The molecule has 1 aliphatic heterocycles. The Bertz CT molecular complexity index is 724. The third-order valence-electron chi connectivity index (χ3n) is 4.06. The summed E-state index contributed by atoms with van der Waals surface area (Å²) in [5.74, 6) is 0.148. The van der Waals surface area contributed by atoms with Crippen molar-refractivity contribution in [3.8, 4) is 0 Å². The highest BCUT2D eigenvalue weighted by molar-refractivity contribution is 5.93. The number of benzene rings is 1. The largest absolute Gasteiger partial charge is 0.368 e. The van der Waals surface area contributed by atoms with Gasteiger partial charge in [0.2, 0.25) is 5.95 Å². The molecular weight excluding hydrogens is 321 g/mol. The number of amides is 1. The van der Waals surface area contributed by atoms with Gasteiger partial charge in [0.15, 0.2) is 0 Å². The molecule has 1 N–H and O–H groups in total. The highest BCUT2D eigenvalue weighted by atomic mass is 19.1. The van der Waals surface area contributed by atoms with E-state index in [2.05, 4.69) is 26.8 Å². The number of nitrogens with zero attached hydrogens (tertiary/aromatic N) is 4. The molecule has 0 spiro atoms. The van der Waals surface area contributed by atoms with Gasteiger partial charge in [0.25, 0.3) is 5.91 Å². The van der Waals surface area contributed by atoms with Gasteiger partial charge in [0.05, 0.1) is 5.56 Å². The molecule has 130 valence electrons. The number of carbonyl (C=O) groups excluding carboxylic acids is 1. The Kier molecular flexibility index (Phi) is 5.23. The third-order valence-corrected chi connectivity index (χ3v) is 4.06. The van der Waals surface area contributed by atoms with Crippen molar-refractivity contribution in [2.24, 2.45) is 0 Å². The first kappa shape index (κ1) is 16.9. The predicted molar refractivity (Wildman–Crippen MR) is 95.2 cm³/mol. The molecule has 0 bridgehead atoms. The zero-order valence-corrected chi connectivity index (χ0v) is 13.9. The van der Waals surface area contributed by atoms with E-state index in [1.165, 1.54) is 24.5 Å². The lowest BCUT2D eigenvalue weighted by molar-refractivity contribution is 0.0746. The first-order valence-electron chi connectivity index (χ1n) is 8.14. The van der Waals surface area contributed by atoms with Gasteiger partial charge in [-0.15, -0.1) is 6.58 Å². The maximum atomic E-state index is 13.0. The molecule has 1 aliphatic rings. The monoisotopic (exact) mass is 341 g/mol. The van der Waals surface area contributed by atoms with E-state index in [0.717, 1.165) is 5.69 Å². The molecule has 25 heavy (non-hydrogen) atoms. The molecule has 0 atom stereocenters. The Labute approximate surface area is 146 Å². The van der Waals surface area contributed by atoms with Crippen molar-refractivity contribution in [1.29, 1.82) is 0 Å². The van der Waals surface area contributed by atoms with Gasteiger partial charge in [-0.25, -0.2) is 14.4 Å². The molecular formula is C18H20FN5O. The Morgan fingerprint density at radius 2 is 1.80 bits per heavy atom. The zero-order chi connectivity index (χ0) is 17.6. The van der Waals surface area contributed by atoms with Crippen LogP contribution in [0.25, 0.3) is 0 Å². The van der Waals surface area contributed by atoms with Gasteiger partial charge in [-0.1, -0.05) is 6.08 Å². The molecule has 6 nitrogen and oxygen atoms in total. The topological polar surface area (TPSA) is 61.4 Å². The van der Waals surface area contributed by atoms with Crippen LogP contribution in [0.5, 0.6) is 0 Å². The van der Waals surface area contributed by atoms with E-state index in [1.807, 2.05) is 0 Å². The molecule has 0 unspecified atom stereocenters. The predicted octanol–water partition coefficient (Wildman–Crippen LogP) is 2.18. The molecule has 2 aromatic rings. The third kappa shape index (κ3) is 4.12. The average molecular weight is 341 g/mol. The van der Waals surface area contributed by atoms with Crippen molar-refractivity contribution in [3.05, 3.63) is 60.7 Å². The van der Waals surface area contributed by atoms with E-state index in [9.17, 15) is 9.18 Å². The van der Waals surface area contributed by atoms with E-state index in [-0.39, 0.29) is 11.7 Å². The van der Waals surface area contributed by atoms with Crippen LogP contribution in [0.1, 0.15) is 10.4 Å². The van der Waals surface area contributed by atoms with E-state index >= 15 is 0 Å². The van der Waals surface area contributed by atoms with Crippen molar-refractivity contribution in [1.82, 2.24) is 14.9 Å². The number of carbonyl (C=O) groups is 1. The smallest absolute Gasteiger partial charge is 0.257 e. The summed E-state index contributed by atoms with van der Waals surface area (Å²) in [5.41, 5.74) is 1.44. The fourth-order valence-corrected chi connectivity index (χ4v) is 2.70. The summed E-state index contributed by atoms with van der Waals surface area (Å²) in [6.45, 7) is 6.80. The van der Waals surface area contributed by atoms with Crippen molar-refractivity contribution in [3.63, 3.8) is 0 Å². The fourth-order valence-electron chi connectivity index (χ4n) is 2.70. The second-order valence-corrected chi connectivity index (χ2v) is 5.72. The van der Waals surface area contributed by atoms with Crippen LogP contribution in [0.2, 0.25) is 0 Å². The SMILES string of the molecule is C=CCNc1ncc(C(=O)N2CCN(c3ccc(F)cc3)CC2)cn1. The van der Waals surface area contributed by atoms with Crippen molar-refractivity contribution in [2.75, 3.05) is 42.9 Å². The minimum atomic E-state index is -0.247. The number of aromatic nitrogens is 2. The van der Waals surface area contributed by atoms with Crippen LogP contribution in [-0.4, -0.2) is 53.5 Å². The second kappa shape index (κ2) is 7.74. The van der Waals surface area contributed by atoms with Crippen LogP contribution < -0.4 is 10.2 Å². The molecule has 0 saturated carbocycles. The standard InChI is InChI=1S/C18H20FN5O/c1-2-7-20-18-21-12-14(13-22-18)17(25)24-10-8-23(9-11-24)16-5-3-15(19)4-6-16/h2-6,12-13H,1,7-11H2,(H,20,21,22). The number of hydrogen-bond donors (Lipinski definition) is 1. The first-order chi connectivity index (χ1) is 12.2. The summed E-state index contributed by atoms with van der Waals surface area (Å²) in [6, 6.07) is 6.42. The summed E-state index contributed by atoms with van der Waals surface area (Å²) >= 11 is 0. The lowest BCUT2D eigenvalue weighted by Gasteiger charge is -2.36. The summed E-state index contributed by atoms with van der Waals surface area (Å²) in [6.07, 6.45) is 4.78. The molecule has 1 fully saturated rings. The molecule has 1 amide bonds. The molecule has 2 heterocycles. The summed E-state index contributed by atoms with van der Waals surface area (Å²) < 4.78 is 13.0. The average Bonchev–Trinajstić information content (AvgIpc) is 2.67. The molecule has 0 radical (unpaired) electrons. The maximum Gasteiger partial charge on any atom is 0.257 e. The Morgan fingerprint density at radius 3 is 2.40 bits per heavy atom. The van der Waals surface area contributed by atoms with Gasteiger partial charge in [0, 0.05) is 50.8 Å². The first-order valence-corrected chi connectivity index (χ1v) is 8.14. The van der Waals surface area contributed by atoms with Gasteiger partial charge in [-0.3, -0.25) is 4.79 Å². The fraction of sp³-hybridized carbons (Fsp3) is 0.278. The molecule has 1 aromatic carbocycles. The van der Waals surface area contributed by atoms with Crippen LogP contribution in [0, 0.1) is 5.82 Å². The van der Waals surface area contributed by atoms with Crippen molar-refractivity contribution in [2.45, 2.75) is 0 Å². The van der Waals surface area contributed by atoms with Crippen LogP contribution >= 0.6 is 0 Å². The van der Waals surface area contributed by atoms with Crippen LogP contribution in [0.3, 0.4) is 0 Å². The van der Waals surface area contributed by atoms with Gasteiger partial charge in [0.1, 0.15) is 5.82 Å². The number of nitrogens with one attached hydrogen (secondary N) is 1. The normalized spacial score (nSPS) is 14.3. The van der Waals surface area contributed by atoms with Crippen LogP contribution in [0.15, 0.2) is 49.3 Å². The number of piperazine rings is 1. The molecule has 3 rings (SSSR count). The lowest BCUT2D eigenvalue weighted by Crippen LogP contribution is -2.48. The van der Waals surface area contributed by atoms with Gasteiger partial charge >= 0.3 is 0 Å². The number of halogens is 1. The number of rotatable bonds is 5. The minimum absolute atomic E-state index is 0.0750. The summed E-state index contributed by atoms with van der Waals surface area (Å²) in [5, 5.41) is 2.97. The minimum Gasteiger partial charge on any atom is -0.368 e.